The van der Waals surface area contributed by atoms with Gasteiger partial charge in [-0.15, -0.1) is 0 Å². The van der Waals surface area contributed by atoms with E-state index in [1.54, 1.807) is 0 Å². The Labute approximate surface area is 103 Å². The SMILES string of the molecule is Cc1ccc(C)c(-c2nc(N)sc2C(=O)O)c1. The summed E-state index contributed by atoms with van der Waals surface area (Å²) in [6, 6.07) is 5.86. The third kappa shape index (κ3) is 2.14. The molecule has 0 aliphatic carbocycles. The van der Waals surface area contributed by atoms with Gasteiger partial charge in [-0.05, 0) is 25.5 Å². The summed E-state index contributed by atoms with van der Waals surface area (Å²) in [5, 5.41) is 9.39. The monoisotopic (exact) mass is 248 g/mol. The molecule has 0 atom stereocenters. The maximum Gasteiger partial charge on any atom is 0.348 e. The first-order valence-electron chi connectivity index (χ1n) is 5.06. The molecule has 0 amide bonds. The Balaban J connectivity index is 2.67. The minimum atomic E-state index is -0.991. The third-order valence-corrected chi connectivity index (χ3v) is 3.36. The van der Waals surface area contributed by atoms with Crippen LogP contribution < -0.4 is 5.73 Å². The van der Waals surface area contributed by atoms with Crippen molar-refractivity contribution in [3.8, 4) is 11.3 Å². The molecule has 0 spiro atoms. The van der Waals surface area contributed by atoms with Gasteiger partial charge in [-0.3, -0.25) is 0 Å². The fraction of sp³-hybridized carbons (Fsp3) is 0.167. The van der Waals surface area contributed by atoms with E-state index in [1.165, 1.54) is 0 Å². The number of aryl methyl sites for hydroxylation is 2. The number of anilines is 1. The van der Waals surface area contributed by atoms with E-state index in [9.17, 15) is 4.79 Å². The van der Waals surface area contributed by atoms with Gasteiger partial charge in [0, 0.05) is 5.56 Å². The molecular formula is C12H12N2O2S. The van der Waals surface area contributed by atoms with Gasteiger partial charge in [0.05, 0.1) is 5.69 Å². The van der Waals surface area contributed by atoms with Crippen molar-refractivity contribution in [2.45, 2.75) is 13.8 Å². The number of nitrogen functional groups attached to an aromatic ring is 1. The number of hydrogen-bond acceptors (Lipinski definition) is 4. The summed E-state index contributed by atoms with van der Waals surface area (Å²) in [6.45, 7) is 3.88. The largest absolute Gasteiger partial charge is 0.477 e. The van der Waals surface area contributed by atoms with E-state index in [2.05, 4.69) is 4.98 Å². The quantitative estimate of drug-likeness (QED) is 0.856. The smallest absolute Gasteiger partial charge is 0.348 e. The summed E-state index contributed by atoms with van der Waals surface area (Å²) in [4.78, 5) is 15.4. The topological polar surface area (TPSA) is 76.2 Å². The fourth-order valence-electron chi connectivity index (χ4n) is 1.66. The standard InChI is InChI=1S/C12H12N2O2S/c1-6-3-4-7(2)8(5-6)9-10(11(15)16)17-12(13)14-9/h3-5H,1-2H3,(H2,13,14)(H,15,16). The minimum absolute atomic E-state index is 0.191. The third-order valence-electron chi connectivity index (χ3n) is 2.49. The predicted octanol–water partition coefficient (Wildman–Crippen LogP) is 2.71. The second-order valence-electron chi connectivity index (χ2n) is 3.85. The minimum Gasteiger partial charge on any atom is -0.477 e. The van der Waals surface area contributed by atoms with Crippen LogP contribution in [-0.2, 0) is 0 Å². The highest BCUT2D eigenvalue weighted by atomic mass is 32.1. The number of benzene rings is 1. The van der Waals surface area contributed by atoms with Crippen LogP contribution in [0.2, 0.25) is 0 Å². The zero-order valence-corrected chi connectivity index (χ0v) is 10.3. The van der Waals surface area contributed by atoms with Crippen molar-refractivity contribution < 1.29 is 9.90 Å². The van der Waals surface area contributed by atoms with Crippen molar-refractivity contribution in [1.82, 2.24) is 4.98 Å². The fourth-order valence-corrected chi connectivity index (χ4v) is 2.34. The van der Waals surface area contributed by atoms with Crippen LogP contribution in [0.1, 0.15) is 20.8 Å². The summed E-state index contributed by atoms with van der Waals surface area (Å²) in [7, 11) is 0. The molecular weight excluding hydrogens is 236 g/mol. The number of thiazole rings is 1. The van der Waals surface area contributed by atoms with Gasteiger partial charge in [-0.2, -0.15) is 0 Å². The van der Waals surface area contributed by atoms with E-state index in [4.69, 9.17) is 10.8 Å². The Morgan fingerprint density at radius 1 is 1.41 bits per heavy atom. The van der Waals surface area contributed by atoms with Crippen LogP contribution in [0.4, 0.5) is 5.13 Å². The van der Waals surface area contributed by atoms with Crippen molar-refractivity contribution in [3.63, 3.8) is 0 Å². The summed E-state index contributed by atoms with van der Waals surface area (Å²) in [5.41, 5.74) is 8.93. The van der Waals surface area contributed by atoms with Crippen LogP contribution in [0.3, 0.4) is 0 Å². The zero-order valence-electron chi connectivity index (χ0n) is 9.52. The molecule has 1 aromatic carbocycles. The first-order valence-corrected chi connectivity index (χ1v) is 5.88. The van der Waals surface area contributed by atoms with Crippen LogP contribution in [-0.4, -0.2) is 16.1 Å². The van der Waals surface area contributed by atoms with Crippen molar-refractivity contribution >= 4 is 22.4 Å². The number of rotatable bonds is 2. The number of carboxylic acid groups (broad SMARTS) is 1. The molecule has 0 unspecified atom stereocenters. The highest BCUT2D eigenvalue weighted by Gasteiger charge is 2.18. The molecule has 17 heavy (non-hydrogen) atoms. The average molecular weight is 248 g/mol. The lowest BCUT2D eigenvalue weighted by atomic mass is 10.0. The first-order chi connectivity index (χ1) is 7.99. The predicted molar refractivity (Wildman–Crippen MR) is 68.4 cm³/mol. The number of nitrogens with two attached hydrogens (primary N) is 1. The molecule has 4 nitrogen and oxygen atoms in total. The molecule has 5 heteroatoms. The van der Waals surface area contributed by atoms with E-state index >= 15 is 0 Å². The maximum atomic E-state index is 11.1. The molecule has 0 radical (unpaired) electrons. The molecule has 1 heterocycles. The lowest BCUT2D eigenvalue weighted by Crippen LogP contribution is -1.97. The molecule has 88 valence electrons. The van der Waals surface area contributed by atoms with E-state index in [0.717, 1.165) is 28.0 Å². The summed E-state index contributed by atoms with van der Waals surface area (Å²) < 4.78 is 0. The molecule has 0 aliphatic heterocycles. The first kappa shape index (κ1) is 11.6. The van der Waals surface area contributed by atoms with Gasteiger partial charge >= 0.3 is 5.97 Å². The Hall–Kier alpha value is -1.88. The van der Waals surface area contributed by atoms with Gasteiger partial charge in [0.1, 0.15) is 4.88 Å². The van der Waals surface area contributed by atoms with Crippen LogP contribution in [0.5, 0.6) is 0 Å². The second kappa shape index (κ2) is 4.18. The molecule has 0 aliphatic rings. The van der Waals surface area contributed by atoms with E-state index in [-0.39, 0.29) is 10.0 Å². The van der Waals surface area contributed by atoms with Crippen LogP contribution in [0, 0.1) is 13.8 Å². The molecule has 2 aromatic rings. The van der Waals surface area contributed by atoms with Crippen molar-refractivity contribution in [2.24, 2.45) is 0 Å². The molecule has 0 fully saturated rings. The Kier molecular flexibility index (Phi) is 2.85. The summed E-state index contributed by atoms with van der Waals surface area (Å²) in [5.74, 6) is -0.991. The van der Waals surface area contributed by atoms with E-state index in [1.807, 2.05) is 32.0 Å². The highest BCUT2D eigenvalue weighted by molar-refractivity contribution is 7.17. The van der Waals surface area contributed by atoms with Gasteiger partial charge < -0.3 is 10.8 Å². The number of aromatic nitrogens is 1. The molecule has 2 rings (SSSR count). The normalized spacial score (nSPS) is 10.5. The van der Waals surface area contributed by atoms with Gasteiger partial charge in [0.25, 0.3) is 0 Å². The van der Waals surface area contributed by atoms with E-state index < -0.39 is 5.97 Å². The number of carboxylic acids is 1. The molecule has 0 saturated heterocycles. The Morgan fingerprint density at radius 2 is 2.12 bits per heavy atom. The van der Waals surface area contributed by atoms with Gasteiger partial charge in [0.2, 0.25) is 0 Å². The molecule has 1 aromatic heterocycles. The van der Waals surface area contributed by atoms with E-state index in [0.29, 0.717) is 5.69 Å². The lowest BCUT2D eigenvalue weighted by molar-refractivity contribution is 0.0702. The lowest BCUT2D eigenvalue weighted by Gasteiger charge is -2.05. The Morgan fingerprint density at radius 3 is 2.76 bits per heavy atom. The van der Waals surface area contributed by atoms with Crippen molar-refractivity contribution in [3.05, 3.63) is 34.2 Å². The average Bonchev–Trinajstić information content (AvgIpc) is 2.64. The van der Waals surface area contributed by atoms with Gasteiger partial charge in [-0.25, -0.2) is 9.78 Å². The Bertz CT molecular complexity index is 590. The molecule has 3 N–H and O–H groups in total. The second-order valence-corrected chi connectivity index (χ2v) is 4.88. The van der Waals surface area contributed by atoms with Gasteiger partial charge in [0.15, 0.2) is 5.13 Å². The molecule has 0 bridgehead atoms. The van der Waals surface area contributed by atoms with Crippen LogP contribution in [0.15, 0.2) is 18.2 Å². The van der Waals surface area contributed by atoms with Gasteiger partial charge in [-0.1, -0.05) is 29.0 Å². The maximum absolute atomic E-state index is 11.1. The molecule has 0 saturated carbocycles. The number of hydrogen-bond donors (Lipinski definition) is 2. The van der Waals surface area contributed by atoms with Crippen molar-refractivity contribution in [2.75, 3.05) is 5.73 Å². The highest BCUT2D eigenvalue weighted by Crippen LogP contribution is 2.32. The number of nitrogens with zero attached hydrogens (tertiary/aromatic N) is 1. The van der Waals surface area contributed by atoms with Crippen LogP contribution in [0.25, 0.3) is 11.3 Å². The van der Waals surface area contributed by atoms with Crippen LogP contribution >= 0.6 is 11.3 Å². The number of aromatic carboxylic acids is 1. The summed E-state index contributed by atoms with van der Waals surface area (Å²) in [6.07, 6.45) is 0. The zero-order chi connectivity index (χ0) is 12.6. The van der Waals surface area contributed by atoms with Crippen molar-refractivity contribution in [1.29, 1.82) is 0 Å². The number of carbonyl (C=O) groups is 1. The summed E-state index contributed by atoms with van der Waals surface area (Å²) >= 11 is 0.999.